The van der Waals surface area contributed by atoms with Gasteiger partial charge < -0.3 is 9.64 Å². The highest BCUT2D eigenvalue weighted by atomic mass is 79.9. The Bertz CT molecular complexity index is 381. The molecule has 1 atom stereocenters. The predicted molar refractivity (Wildman–Crippen MR) is 60.7 cm³/mol. The number of carbonyl (C=O) groups is 1. The first kappa shape index (κ1) is 10.5. The van der Waals surface area contributed by atoms with E-state index in [1.165, 1.54) is 5.56 Å². The van der Waals surface area contributed by atoms with Gasteiger partial charge in [0.25, 0.3) is 0 Å². The van der Waals surface area contributed by atoms with Crippen LogP contribution in [0.3, 0.4) is 0 Å². The summed E-state index contributed by atoms with van der Waals surface area (Å²) in [6.07, 6.45) is 0.608. The second kappa shape index (κ2) is 4.23. The molecule has 80 valence electrons. The van der Waals surface area contributed by atoms with Crippen molar-refractivity contribution >= 4 is 22.0 Å². The van der Waals surface area contributed by atoms with Gasteiger partial charge in [0.1, 0.15) is 6.61 Å². The van der Waals surface area contributed by atoms with Crippen molar-refractivity contribution < 1.29 is 9.53 Å². The van der Waals surface area contributed by atoms with E-state index in [9.17, 15) is 4.79 Å². The smallest absolute Gasteiger partial charge is 0.409 e. The van der Waals surface area contributed by atoms with E-state index in [4.69, 9.17) is 4.74 Å². The molecule has 1 aliphatic heterocycles. The Balaban J connectivity index is 2.06. The van der Waals surface area contributed by atoms with E-state index in [1.54, 1.807) is 11.9 Å². The Kier molecular flexibility index (Phi) is 2.95. The van der Waals surface area contributed by atoms with Gasteiger partial charge in [-0.2, -0.15) is 0 Å². The maximum atomic E-state index is 11.1. The van der Waals surface area contributed by atoms with Crippen molar-refractivity contribution in [3.63, 3.8) is 0 Å². The molecule has 0 N–H and O–H groups in total. The summed E-state index contributed by atoms with van der Waals surface area (Å²) in [4.78, 5) is 12.8. The van der Waals surface area contributed by atoms with Crippen molar-refractivity contribution in [1.82, 2.24) is 4.90 Å². The Morgan fingerprint density at radius 1 is 1.60 bits per heavy atom. The number of benzene rings is 1. The third kappa shape index (κ3) is 2.31. The molecule has 0 saturated carbocycles. The lowest BCUT2D eigenvalue weighted by Crippen LogP contribution is -2.31. The maximum Gasteiger partial charge on any atom is 0.409 e. The molecule has 0 bridgehead atoms. The molecular weight excluding hydrogens is 258 g/mol. The molecule has 2 rings (SSSR count). The van der Waals surface area contributed by atoms with Crippen molar-refractivity contribution in [2.24, 2.45) is 0 Å². The molecule has 3 nitrogen and oxygen atoms in total. The van der Waals surface area contributed by atoms with Crippen molar-refractivity contribution in [3.05, 3.63) is 34.3 Å². The lowest BCUT2D eigenvalue weighted by molar-refractivity contribution is 0.163. The number of hydrogen-bond donors (Lipinski definition) is 0. The molecule has 0 aromatic heterocycles. The van der Waals surface area contributed by atoms with Crippen LogP contribution in [-0.2, 0) is 11.2 Å². The van der Waals surface area contributed by atoms with Gasteiger partial charge in [0, 0.05) is 11.5 Å². The first-order chi connectivity index (χ1) is 7.16. The second-order valence-electron chi connectivity index (χ2n) is 3.68. The third-order valence-electron chi connectivity index (χ3n) is 2.60. The van der Waals surface area contributed by atoms with Gasteiger partial charge in [-0.05, 0) is 24.1 Å². The predicted octanol–water partition coefficient (Wildman–Crippen LogP) is 2.44. The largest absolute Gasteiger partial charge is 0.447 e. The first-order valence-corrected chi connectivity index (χ1v) is 5.60. The highest BCUT2D eigenvalue weighted by molar-refractivity contribution is 9.10. The third-order valence-corrected chi connectivity index (χ3v) is 3.09. The fraction of sp³-hybridized carbons (Fsp3) is 0.364. The highest BCUT2D eigenvalue weighted by Gasteiger charge is 2.29. The minimum absolute atomic E-state index is 0.159. The van der Waals surface area contributed by atoms with Crippen molar-refractivity contribution in [1.29, 1.82) is 0 Å². The van der Waals surface area contributed by atoms with Gasteiger partial charge in [0.05, 0.1) is 6.04 Å². The summed E-state index contributed by atoms with van der Waals surface area (Å²) in [5.74, 6) is 0. The zero-order chi connectivity index (χ0) is 10.8. The molecule has 0 radical (unpaired) electrons. The van der Waals surface area contributed by atoms with Crippen molar-refractivity contribution in [2.45, 2.75) is 12.5 Å². The monoisotopic (exact) mass is 269 g/mol. The molecule has 1 aromatic rings. The highest BCUT2D eigenvalue weighted by Crippen LogP contribution is 2.17. The van der Waals surface area contributed by atoms with Crippen LogP contribution in [-0.4, -0.2) is 30.7 Å². The molecule has 1 aromatic carbocycles. The molecule has 1 aliphatic rings. The first-order valence-electron chi connectivity index (χ1n) is 4.81. The van der Waals surface area contributed by atoms with E-state index in [1.807, 2.05) is 12.1 Å². The van der Waals surface area contributed by atoms with E-state index >= 15 is 0 Å². The number of amides is 1. The molecular formula is C11H12BrNO2. The second-order valence-corrected chi connectivity index (χ2v) is 4.59. The number of cyclic esters (lactones) is 1. The molecule has 1 amide bonds. The average molecular weight is 270 g/mol. The van der Waals surface area contributed by atoms with Gasteiger partial charge in [-0.25, -0.2) is 4.79 Å². The fourth-order valence-electron chi connectivity index (χ4n) is 1.66. The maximum absolute atomic E-state index is 11.1. The summed E-state index contributed by atoms with van der Waals surface area (Å²) in [5, 5.41) is 0. The number of halogens is 1. The number of carbonyl (C=O) groups excluding carboxylic acids is 1. The number of hydrogen-bond acceptors (Lipinski definition) is 2. The van der Waals surface area contributed by atoms with Gasteiger partial charge >= 0.3 is 6.09 Å². The molecule has 0 spiro atoms. The van der Waals surface area contributed by atoms with E-state index in [0.717, 1.165) is 10.9 Å². The molecule has 1 unspecified atom stereocenters. The van der Waals surface area contributed by atoms with E-state index in [2.05, 4.69) is 28.1 Å². The van der Waals surface area contributed by atoms with Crippen molar-refractivity contribution in [3.8, 4) is 0 Å². The Morgan fingerprint density at radius 2 is 2.40 bits per heavy atom. The van der Waals surface area contributed by atoms with E-state index in [-0.39, 0.29) is 12.1 Å². The molecule has 15 heavy (non-hydrogen) atoms. The van der Waals surface area contributed by atoms with Crippen LogP contribution in [0.4, 0.5) is 4.79 Å². The van der Waals surface area contributed by atoms with E-state index in [0.29, 0.717) is 6.61 Å². The summed E-state index contributed by atoms with van der Waals surface area (Å²) in [5.41, 5.74) is 1.21. The number of likely N-dealkylation sites (N-methyl/N-ethyl adjacent to an activating group) is 1. The van der Waals surface area contributed by atoms with Crippen molar-refractivity contribution in [2.75, 3.05) is 13.7 Å². The molecule has 1 heterocycles. The van der Waals surface area contributed by atoms with Crippen LogP contribution in [0.2, 0.25) is 0 Å². The fourth-order valence-corrected chi connectivity index (χ4v) is 2.11. The summed E-state index contributed by atoms with van der Waals surface area (Å²) in [6, 6.07) is 8.27. The molecule has 0 aliphatic carbocycles. The summed E-state index contributed by atoms with van der Waals surface area (Å²) in [7, 11) is 1.78. The summed E-state index contributed by atoms with van der Waals surface area (Å²) < 4.78 is 6.02. The van der Waals surface area contributed by atoms with Gasteiger partial charge in [-0.3, -0.25) is 0 Å². The standard InChI is InChI=1S/C11H12BrNO2/c1-13-10(7-15-11(13)14)6-8-3-2-4-9(12)5-8/h2-5,10H,6-7H2,1H3. The summed E-state index contributed by atoms with van der Waals surface area (Å²) in [6.45, 7) is 0.488. The number of nitrogens with zero attached hydrogens (tertiary/aromatic N) is 1. The minimum atomic E-state index is -0.227. The van der Waals surface area contributed by atoms with E-state index < -0.39 is 0 Å². The zero-order valence-corrected chi connectivity index (χ0v) is 10.0. The zero-order valence-electron chi connectivity index (χ0n) is 8.44. The van der Waals surface area contributed by atoms with Crippen LogP contribution in [0, 0.1) is 0 Å². The van der Waals surface area contributed by atoms with Crippen LogP contribution >= 0.6 is 15.9 Å². The Labute approximate surface area is 97.2 Å². The lowest BCUT2D eigenvalue weighted by atomic mass is 10.1. The average Bonchev–Trinajstić information content (AvgIpc) is 2.50. The Morgan fingerprint density at radius 3 is 3.00 bits per heavy atom. The Hall–Kier alpha value is -1.03. The van der Waals surface area contributed by atoms with Gasteiger partial charge in [0.15, 0.2) is 0 Å². The van der Waals surface area contributed by atoms with Crippen LogP contribution in [0.25, 0.3) is 0 Å². The quantitative estimate of drug-likeness (QED) is 0.826. The van der Waals surface area contributed by atoms with Gasteiger partial charge in [-0.15, -0.1) is 0 Å². The van der Waals surface area contributed by atoms with Gasteiger partial charge in [-0.1, -0.05) is 28.1 Å². The normalized spacial score (nSPS) is 20.5. The van der Waals surface area contributed by atoms with Gasteiger partial charge in [0.2, 0.25) is 0 Å². The number of ether oxygens (including phenoxy) is 1. The number of rotatable bonds is 2. The summed E-state index contributed by atoms with van der Waals surface area (Å²) >= 11 is 3.43. The van der Waals surface area contributed by atoms with Crippen LogP contribution in [0.5, 0.6) is 0 Å². The SMILES string of the molecule is CN1C(=O)OCC1Cc1cccc(Br)c1. The van der Waals surface area contributed by atoms with Crippen LogP contribution < -0.4 is 0 Å². The van der Waals surface area contributed by atoms with Crippen LogP contribution in [0.15, 0.2) is 28.7 Å². The molecule has 4 heteroatoms. The topological polar surface area (TPSA) is 29.5 Å². The molecule has 1 saturated heterocycles. The van der Waals surface area contributed by atoms with Crippen LogP contribution in [0.1, 0.15) is 5.56 Å². The minimum Gasteiger partial charge on any atom is -0.447 e. The lowest BCUT2D eigenvalue weighted by Gasteiger charge is -2.15. The molecule has 1 fully saturated rings.